The fourth-order valence-corrected chi connectivity index (χ4v) is 3.10. The highest BCUT2D eigenvalue weighted by atomic mass is 35.5. The second-order valence-corrected chi connectivity index (χ2v) is 6.79. The van der Waals surface area contributed by atoms with E-state index in [4.69, 9.17) is 23.2 Å². The lowest BCUT2D eigenvalue weighted by Crippen LogP contribution is -2.14. The average molecular weight is 372 g/mol. The van der Waals surface area contributed by atoms with Crippen LogP contribution in [-0.2, 0) is 0 Å². The van der Waals surface area contributed by atoms with Crippen LogP contribution >= 0.6 is 23.2 Å². The summed E-state index contributed by atoms with van der Waals surface area (Å²) in [6, 6.07) is 24.9. The van der Waals surface area contributed by atoms with Crippen molar-refractivity contribution in [2.75, 3.05) is 5.32 Å². The smallest absolute Gasteiger partial charge is 0.0813 e. The van der Waals surface area contributed by atoms with Gasteiger partial charge >= 0.3 is 0 Å². The van der Waals surface area contributed by atoms with Gasteiger partial charge in [0.15, 0.2) is 0 Å². The summed E-state index contributed by atoms with van der Waals surface area (Å²) in [5, 5.41) is 15.5. The first-order valence-corrected chi connectivity index (χ1v) is 8.88. The minimum Gasteiger partial charge on any atom is -0.388 e. The van der Waals surface area contributed by atoms with Crippen molar-refractivity contribution in [3.63, 3.8) is 0 Å². The Morgan fingerprint density at radius 1 is 0.760 bits per heavy atom. The molecule has 3 aromatic rings. The van der Waals surface area contributed by atoms with Crippen LogP contribution < -0.4 is 5.32 Å². The van der Waals surface area contributed by atoms with Crippen LogP contribution in [0, 0.1) is 0 Å². The molecule has 4 heteroatoms. The number of aliphatic hydroxyl groups excluding tert-OH is 1. The Morgan fingerprint density at radius 3 is 2.16 bits per heavy atom. The Kier molecular flexibility index (Phi) is 5.98. The van der Waals surface area contributed by atoms with E-state index in [0.717, 1.165) is 16.8 Å². The fourth-order valence-electron chi connectivity index (χ4n) is 2.79. The zero-order chi connectivity index (χ0) is 17.6. The predicted molar refractivity (Wildman–Crippen MR) is 105 cm³/mol. The van der Waals surface area contributed by atoms with E-state index < -0.39 is 6.10 Å². The van der Waals surface area contributed by atoms with E-state index in [1.54, 1.807) is 12.1 Å². The molecule has 0 amide bonds. The van der Waals surface area contributed by atoms with Crippen molar-refractivity contribution in [2.45, 2.75) is 18.6 Å². The number of aliphatic hydroxyl groups is 1. The molecule has 0 fully saturated rings. The molecule has 2 N–H and O–H groups in total. The van der Waals surface area contributed by atoms with Gasteiger partial charge in [0.2, 0.25) is 0 Å². The van der Waals surface area contributed by atoms with Crippen molar-refractivity contribution < 1.29 is 5.11 Å². The quantitative estimate of drug-likeness (QED) is 0.534. The Morgan fingerprint density at radius 2 is 1.48 bits per heavy atom. The van der Waals surface area contributed by atoms with Crippen molar-refractivity contribution in [3.8, 4) is 0 Å². The lowest BCUT2D eigenvalue weighted by Gasteiger charge is -2.23. The topological polar surface area (TPSA) is 32.3 Å². The summed E-state index contributed by atoms with van der Waals surface area (Å²) in [6.45, 7) is 0. The molecule has 0 saturated heterocycles. The SMILES string of the molecule is OC(CC(Nc1cccc(Cl)c1)c1ccccc1)c1ccc(Cl)cc1. The maximum Gasteiger partial charge on any atom is 0.0813 e. The van der Waals surface area contributed by atoms with Crippen LogP contribution in [0.3, 0.4) is 0 Å². The van der Waals surface area contributed by atoms with E-state index in [1.807, 2.05) is 54.6 Å². The zero-order valence-electron chi connectivity index (χ0n) is 13.6. The average Bonchev–Trinajstić information content (AvgIpc) is 2.62. The molecule has 0 aliphatic heterocycles. The van der Waals surface area contributed by atoms with Gasteiger partial charge < -0.3 is 10.4 Å². The Balaban J connectivity index is 1.82. The van der Waals surface area contributed by atoms with Crippen LogP contribution in [0.15, 0.2) is 78.9 Å². The molecule has 3 aromatic carbocycles. The van der Waals surface area contributed by atoms with Crippen LogP contribution in [0.2, 0.25) is 10.0 Å². The minimum absolute atomic E-state index is 0.0506. The van der Waals surface area contributed by atoms with Gasteiger partial charge in [0.25, 0.3) is 0 Å². The maximum absolute atomic E-state index is 10.7. The van der Waals surface area contributed by atoms with Crippen molar-refractivity contribution in [1.82, 2.24) is 0 Å². The summed E-state index contributed by atoms with van der Waals surface area (Å²) in [4.78, 5) is 0. The summed E-state index contributed by atoms with van der Waals surface area (Å²) in [6.07, 6.45) is -0.0767. The third kappa shape index (κ3) is 4.99. The molecule has 0 aliphatic carbocycles. The van der Waals surface area contributed by atoms with Gasteiger partial charge in [-0.2, -0.15) is 0 Å². The van der Waals surface area contributed by atoms with Crippen molar-refractivity contribution in [3.05, 3.63) is 100 Å². The molecule has 0 radical (unpaired) electrons. The van der Waals surface area contributed by atoms with Gasteiger partial charge in [0.05, 0.1) is 12.1 Å². The highest BCUT2D eigenvalue weighted by Gasteiger charge is 2.18. The van der Waals surface area contributed by atoms with Crippen LogP contribution in [0.4, 0.5) is 5.69 Å². The number of hydrogen-bond donors (Lipinski definition) is 2. The molecule has 0 spiro atoms. The summed E-state index contributed by atoms with van der Waals surface area (Å²) >= 11 is 12.0. The van der Waals surface area contributed by atoms with E-state index in [0.29, 0.717) is 16.5 Å². The van der Waals surface area contributed by atoms with Gasteiger partial charge in [-0.15, -0.1) is 0 Å². The first-order chi connectivity index (χ1) is 12.1. The van der Waals surface area contributed by atoms with Gasteiger partial charge in [0.1, 0.15) is 0 Å². The zero-order valence-corrected chi connectivity index (χ0v) is 15.1. The molecular formula is C21H19Cl2NO. The van der Waals surface area contributed by atoms with Crippen LogP contribution in [-0.4, -0.2) is 5.11 Å². The summed E-state index contributed by atoms with van der Waals surface area (Å²) in [5.41, 5.74) is 2.87. The summed E-state index contributed by atoms with van der Waals surface area (Å²) in [5.74, 6) is 0. The van der Waals surface area contributed by atoms with Gasteiger partial charge in [-0.1, -0.05) is 71.7 Å². The Hall–Kier alpha value is -2.00. The molecule has 0 saturated carbocycles. The van der Waals surface area contributed by atoms with E-state index in [2.05, 4.69) is 17.4 Å². The normalized spacial score (nSPS) is 13.2. The van der Waals surface area contributed by atoms with Crippen molar-refractivity contribution in [2.24, 2.45) is 0 Å². The van der Waals surface area contributed by atoms with Crippen LogP contribution in [0.5, 0.6) is 0 Å². The molecule has 2 atom stereocenters. The summed E-state index contributed by atoms with van der Waals surface area (Å²) in [7, 11) is 0. The molecule has 25 heavy (non-hydrogen) atoms. The first kappa shape index (κ1) is 17.8. The summed E-state index contributed by atoms with van der Waals surface area (Å²) < 4.78 is 0. The number of anilines is 1. The van der Waals surface area contributed by atoms with Crippen molar-refractivity contribution in [1.29, 1.82) is 0 Å². The third-order valence-corrected chi connectivity index (χ3v) is 4.57. The molecule has 128 valence electrons. The van der Waals surface area contributed by atoms with Crippen LogP contribution in [0.1, 0.15) is 29.7 Å². The molecule has 3 rings (SSSR count). The molecule has 0 heterocycles. The van der Waals surface area contributed by atoms with Gasteiger partial charge in [0, 0.05) is 22.2 Å². The number of hydrogen-bond acceptors (Lipinski definition) is 2. The predicted octanol–water partition coefficient (Wildman–Crippen LogP) is 6.27. The van der Waals surface area contributed by atoms with Gasteiger partial charge in [-0.3, -0.25) is 0 Å². The van der Waals surface area contributed by atoms with E-state index in [1.165, 1.54) is 0 Å². The number of nitrogens with one attached hydrogen (secondary N) is 1. The number of rotatable bonds is 6. The minimum atomic E-state index is -0.603. The molecule has 0 aliphatic rings. The van der Waals surface area contributed by atoms with E-state index >= 15 is 0 Å². The highest BCUT2D eigenvalue weighted by Crippen LogP contribution is 2.30. The molecule has 0 aromatic heterocycles. The number of benzene rings is 3. The molecule has 0 bridgehead atoms. The van der Waals surface area contributed by atoms with E-state index in [9.17, 15) is 5.11 Å². The second kappa shape index (κ2) is 8.39. The highest BCUT2D eigenvalue weighted by molar-refractivity contribution is 6.31. The lowest BCUT2D eigenvalue weighted by molar-refractivity contribution is 0.160. The Bertz CT molecular complexity index is 806. The molecular weight excluding hydrogens is 353 g/mol. The Labute approximate surface area is 158 Å². The lowest BCUT2D eigenvalue weighted by atomic mass is 9.96. The molecule has 2 unspecified atom stereocenters. The number of halogens is 2. The van der Waals surface area contributed by atoms with Crippen LogP contribution in [0.25, 0.3) is 0 Å². The van der Waals surface area contributed by atoms with Gasteiger partial charge in [-0.25, -0.2) is 0 Å². The third-order valence-electron chi connectivity index (χ3n) is 4.08. The maximum atomic E-state index is 10.7. The van der Waals surface area contributed by atoms with Gasteiger partial charge in [-0.05, 0) is 41.5 Å². The van der Waals surface area contributed by atoms with E-state index in [-0.39, 0.29) is 6.04 Å². The molecule has 2 nitrogen and oxygen atoms in total. The monoisotopic (exact) mass is 371 g/mol. The largest absolute Gasteiger partial charge is 0.388 e. The van der Waals surface area contributed by atoms with Crippen molar-refractivity contribution >= 4 is 28.9 Å². The first-order valence-electron chi connectivity index (χ1n) is 8.12. The second-order valence-electron chi connectivity index (χ2n) is 5.92. The fraction of sp³-hybridized carbons (Fsp3) is 0.143. The standard InChI is InChI=1S/C21H19Cl2NO/c22-17-11-9-16(10-12-17)21(25)14-20(15-5-2-1-3-6-15)24-19-8-4-7-18(23)13-19/h1-13,20-21,24-25H,14H2.